The fourth-order valence-corrected chi connectivity index (χ4v) is 1.69. The Morgan fingerprint density at radius 3 is 2.44 bits per heavy atom. The zero-order valence-corrected chi connectivity index (χ0v) is 11.0. The number of rotatable bonds is 2. The van der Waals surface area contributed by atoms with Crippen molar-refractivity contribution in [3.63, 3.8) is 0 Å². The lowest BCUT2D eigenvalue weighted by atomic mass is 9.86. The molecule has 5 heteroatoms. The highest BCUT2D eigenvalue weighted by Gasteiger charge is 2.19. The van der Waals surface area contributed by atoms with Gasteiger partial charge in [-0.15, -0.1) is 5.10 Å². The van der Waals surface area contributed by atoms with Crippen LogP contribution in [0.3, 0.4) is 0 Å². The normalized spacial score (nSPS) is 11.6. The zero-order valence-electron chi connectivity index (χ0n) is 11.0. The van der Waals surface area contributed by atoms with Gasteiger partial charge in [-0.2, -0.15) is 0 Å². The summed E-state index contributed by atoms with van der Waals surface area (Å²) < 4.78 is 10.6. The molecule has 96 valence electrons. The van der Waals surface area contributed by atoms with Crippen LogP contribution in [0.25, 0.3) is 11.5 Å². The second kappa shape index (κ2) is 4.33. The van der Waals surface area contributed by atoms with Gasteiger partial charge in [0.05, 0.1) is 12.7 Å². The van der Waals surface area contributed by atoms with Crippen molar-refractivity contribution in [2.75, 3.05) is 12.8 Å². The summed E-state index contributed by atoms with van der Waals surface area (Å²) in [6.45, 7) is 6.42. The van der Waals surface area contributed by atoms with Gasteiger partial charge in [-0.3, -0.25) is 0 Å². The van der Waals surface area contributed by atoms with Crippen LogP contribution in [0.4, 0.5) is 6.01 Å². The van der Waals surface area contributed by atoms with Crippen molar-refractivity contribution in [2.24, 2.45) is 0 Å². The molecule has 0 atom stereocenters. The number of methoxy groups -OCH3 is 1. The van der Waals surface area contributed by atoms with Crippen LogP contribution in [0.15, 0.2) is 22.6 Å². The smallest absolute Gasteiger partial charge is 0.313 e. The van der Waals surface area contributed by atoms with Crippen molar-refractivity contribution >= 4 is 6.01 Å². The van der Waals surface area contributed by atoms with Crippen LogP contribution < -0.4 is 10.5 Å². The van der Waals surface area contributed by atoms with E-state index < -0.39 is 0 Å². The lowest BCUT2D eigenvalue weighted by Gasteiger charge is -2.20. The van der Waals surface area contributed by atoms with Crippen molar-refractivity contribution in [2.45, 2.75) is 26.2 Å². The minimum atomic E-state index is 0.0343. The van der Waals surface area contributed by atoms with E-state index in [0.29, 0.717) is 11.6 Å². The minimum Gasteiger partial charge on any atom is -0.496 e. The summed E-state index contributed by atoms with van der Waals surface area (Å²) in [4.78, 5) is 0. The Bertz CT molecular complexity index is 556. The van der Waals surface area contributed by atoms with Gasteiger partial charge in [-0.1, -0.05) is 31.9 Å². The molecule has 5 nitrogen and oxygen atoms in total. The third-order valence-electron chi connectivity index (χ3n) is 2.74. The Morgan fingerprint density at radius 1 is 1.22 bits per heavy atom. The summed E-state index contributed by atoms with van der Waals surface area (Å²) in [7, 11) is 1.61. The lowest BCUT2D eigenvalue weighted by molar-refractivity contribution is 0.414. The molecular formula is C13H17N3O2. The van der Waals surface area contributed by atoms with Crippen LogP contribution in [0.1, 0.15) is 26.3 Å². The molecule has 0 fully saturated rings. The van der Waals surface area contributed by atoms with Gasteiger partial charge < -0.3 is 14.9 Å². The van der Waals surface area contributed by atoms with Crippen molar-refractivity contribution in [3.8, 4) is 17.2 Å². The SMILES string of the molecule is COc1ccc(C(C)(C)C)cc1-c1nnc(N)o1. The van der Waals surface area contributed by atoms with Gasteiger partial charge in [0.15, 0.2) is 0 Å². The second-order valence-electron chi connectivity index (χ2n) is 5.11. The highest BCUT2D eigenvalue weighted by molar-refractivity contribution is 5.64. The first kappa shape index (κ1) is 12.4. The van der Waals surface area contributed by atoms with E-state index in [-0.39, 0.29) is 11.4 Å². The van der Waals surface area contributed by atoms with Gasteiger partial charge in [0.1, 0.15) is 5.75 Å². The molecule has 0 radical (unpaired) electrons. The van der Waals surface area contributed by atoms with Crippen LogP contribution in [-0.4, -0.2) is 17.3 Å². The van der Waals surface area contributed by atoms with Gasteiger partial charge in [0, 0.05) is 0 Å². The third-order valence-corrected chi connectivity index (χ3v) is 2.74. The van der Waals surface area contributed by atoms with Crippen LogP contribution in [0.2, 0.25) is 0 Å². The van der Waals surface area contributed by atoms with Gasteiger partial charge in [0.25, 0.3) is 5.89 Å². The lowest BCUT2D eigenvalue weighted by Crippen LogP contribution is -2.11. The fraction of sp³-hybridized carbons (Fsp3) is 0.385. The molecule has 0 spiro atoms. The standard InChI is InChI=1S/C13H17N3O2/c1-13(2,3)8-5-6-10(17-4)9(7-8)11-15-16-12(14)18-11/h5-7H,1-4H3,(H2,14,16). The number of ether oxygens (including phenoxy) is 1. The Hall–Kier alpha value is -2.04. The summed E-state index contributed by atoms with van der Waals surface area (Å²) in [6.07, 6.45) is 0. The monoisotopic (exact) mass is 247 g/mol. The van der Waals surface area contributed by atoms with E-state index in [1.807, 2.05) is 18.2 Å². The molecule has 2 N–H and O–H groups in total. The molecule has 0 amide bonds. The number of nitrogen functional groups attached to an aromatic ring is 1. The minimum absolute atomic E-state index is 0.0343. The largest absolute Gasteiger partial charge is 0.496 e. The molecule has 0 bridgehead atoms. The number of hydrogen-bond acceptors (Lipinski definition) is 5. The molecule has 0 unspecified atom stereocenters. The molecule has 1 aromatic carbocycles. The summed E-state index contributed by atoms with van der Waals surface area (Å²) in [5.74, 6) is 1.06. The number of nitrogens with two attached hydrogens (primary N) is 1. The van der Waals surface area contributed by atoms with Crippen molar-refractivity contribution < 1.29 is 9.15 Å². The van der Waals surface area contributed by atoms with E-state index in [0.717, 1.165) is 11.1 Å². The van der Waals surface area contributed by atoms with E-state index in [2.05, 4.69) is 31.0 Å². The first-order valence-electron chi connectivity index (χ1n) is 5.69. The maximum atomic E-state index is 5.45. The molecular weight excluding hydrogens is 230 g/mol. The van der Waals surface area contributed by atoms with Crippen LogP contribution in [-0.2, 0) is 5.41 Å². The predicted molar refractivity (Wildman–Crippen MR) is 69.4 cm³/mol. The van der Waals surface area contributed by atoms with Crippen molar-refractivity contribution in [1.29, 1.82) is 0 Å². The third kappa shape index (κ3) is 2.30. The quantitative estimate of drug-likeness (QED) is 0.883. The molecule has 0 saturated carbocycles. The highest BCUT2D eigenvalue weighted by Crippen LogP contribution is 2.34. The second-order valence-corrected chi connectivity index (χ2v) is 5.11. The van der Waals surface area contributed by atoms with Gasteiger partial charge in [0.2, 0.25) is 0 Å². The molecule has 1 heterocycles. The van der Waals surface area contributed by atoms with Crippen LogP contribution in [0, 0.1) is 0 Å². The number of benzene rings is 1. The van der Waals surface area contributed by atoms with Crippen LogP contribution in [0.5, 0.6) is 5.75 Å². The average Bonchev–Trinajstić information content (AvgIpc) is 2.73. The highest BCUT2D eigenvalue weighted by atomic mass is 16.5. The molecule has 1 aromatic heterocycles. The summed E-state index contributed by atoms with van der Waals surface area (Å²) >= 11 is 0. The van der Waals surface area contributed by atoms with E-state index in [4.69, 9.17) is 14.9 Å². The van der Waals surface area contributed by atoms with Crippen LogP contribution >= 0.6 is 0 Å². The Morgan fingerprint density at radius 2 is 1.94 bits per heavy atom. The van der Waals surface area contributed by atoms with Crippen molar-refractivity contribution in [3.05, 3.63) is 23.8 Å². The zero-order chi connectivity index (χ0) is 13.3. The predicted octanol–water partition coefficient (Wildman–Crippen LogP) is 2.62. The average molecular weight is 247 g/mol. The Kier molecular flexibility index (Phi) is 2.98. The first-order valence-corrected chi connectivity index (χ1v) is 5.69. The number of nitrogens with zero attached hydrogens (tertiary/aromatic N) is 2. The van der Waals surface area contributed by atoms with Gasteiger partial charge in [-0.05, 0) is 23.1 Å². The Labute approximate surface area is 106 Å². The van der Waals surface area contributed by atoms with Gasteiger partial charge >= 0.3 is 6.01 Å². The first-order chi connectivity index (χ1) is 8.41. The number of anilines is 1. The topological polar surface area (TPSA) is 74.2 Å². The summed E-state index contributed by atoms with van der Waals surface area (Å²) in [6, 6.07) is 5.97. The number of aromatic nitrogens is 2. The van der Waals surface area contributed by atoms with E-state index in [9.17, 15) is 0 Å². The van der Waals surface area contributed by atoms with E-state index in [1.165, 1.54) is 0 Å². The molecule has 0 saturated heterocycles. The Balaban J connectivity index is 2.56. The van der Waals surface area contributed by atoms with Gasteiger partial charge in [-0.25, -0.2) is 0 Å². The fourth-order valence-electron chi connectivity index (χ4n) is 1.69. The molecule has 0 aliphatic heterocycles. The summed E-state index contributed by atoms with van der Waals surface area (Å²) in [5, 5.41) is 7.56. The van der Waals surface area contributed by atoms with E-state index >= 15 is 0 Å². The molecule has 0 aliphatic rings. The molecule has 18 heavy (non-hydrogen) atoms. The van der Waals surface area contributed by atoms with E-state index in [1.54, 1.807) is 7.11 Å². The summed E-state index contributed by atoms with van der Waals surface area (Å²) in [5.41, 5.74) is 7.41. The maximum Gasteiger partial charge on any atom is 0.313 e. The molecule has 0 aliphatic carbocycles. The molecule has 2 rings (SSSR count). The molecule has 2 aromatic rings. The van der Waals surface area contributed by atoms with Crippen molar-refractivity contribution in [1.82, 2.24) is 10.2 Å². The maximum absolute atomic E-state index is 5.45. The number of hydrogen-bond donors (Lipinski definition) is 1.